The van der Waals surface area contributed by atoms with Crippen molar-refractivity contribution in [3.8, 4) is 5.75 Å². The molecule has 2 aromatic heterocycles. The van der Waals surface area contributed by atoms with Gasteiger partial charge in [-0.05, 0) is 30.5 Å². The van der Waals surface area contributed by atoms with E-state index in [2.05, 4.69) is 20.2 Å². The highest BCUT2D eigenvalue weighted by atomic mass is 16.5. The van der Waals surface area contributed by atoms with E-state index in [-0.39, 0.29) is 11.8 Å². The minimum Gasteiger partial charge on any atom is -0.497 e. The van der Waals surface area contributed by atoms with Crippen LogP contribution < -0.4 is 4.74 Å². The number of carbonyl (C=O) groups is 1. The topological polar surface area (TPSA) is 84.0 Å². The Balaban J connectivity index is 1.48. The lowest BCUT2D eigenvalue weighted by Crippen LogP contribution is -2.40. The minimum absolute atomic E-state index is 0.137. The number of aromatic amines is 1. The van der Waals surface area contributed by atoms with E-state index in [9.17, 15) is 4.79 Å². The van der Waals surface area contributed by atoms with Crippen LogP contribution in [0, 0.1) is 0 Å². The van der Waals surface area contributed by atoms with Gasteiger partial charge in [0.05, 0.1) is 19.2 Å². The molecule has 3 aromatic rings. The Morgan fingerprint density at radius 1 is 1.35 bits per heavy atom. The van der Waals surface area contributed by atoms with Crippen LogP contribution in [0.2, 0.25) is 0 Å². The predicted molar refractivity (Wildman–Crippen MR) is 96.9 cm³/mol. The van der Waals surface area contributed by atoms with Gasteiger partial charge in [0.15, 0.2) is 5.65 Å². The number of methoxy groups -OCH3 is 1. The number of H-pyrrole nitrogens is 1. The summed E-state index contributed by atoms with van der Waals surface area (Å²) in [5, 5.41) is 7.31. The van der Waals surface area contributed by atoms with Crippen LogP contribution in [0.15, 0.2) is 36.7 Å². The van der Waals surface area contributed by atoms with Crippen molar-refractivity contribution in [1.29, 1.82) is 0 Å². The highest BCUT2D eigenvalue weighted by molar-refractivity contribution is 5.79. The van der Waals surface area contributed by atoms with Crippen LogP contribution >= 0.6 is 0 Å². The molecule has 3 heterocycles. The van der Waals surface area contributed by atoms with E-state index in [4.69, 9.17) is 4.74 Å². The fraction of sp³-hybridized carbons (Fsp3) is 0.368. The lowest BCUT2D eigenvalue weighted by molar-refractivity contribution is -0.131. The molecular formula is C19H21N5O2. The number of piperidine rings is 1. The summed E-state index contributed by atoms with van der Waals surface area (Å²) in [5.74, 6) is 1.12. The number of aromatic nitrogens is 4. The molecule has 7 heteroatoms. The van der Waals surface area contributed by atoms with Gasteiger partial charge in [-0.2, -0.15) is 5.10 Å². The average Bonchev–Trinajstić information content (AvgIpc) is 3.12. The Bertz CT molecular complexity index is 923. The summed E-state index contributed by atoms with van der Waals surface area (Å²) in [6, 6.07) is 7.67. The first-order chi connectivity index (χ1) is 12.7. The van der Waals surface area contributed by atoms with Crippen molar-refractivity contribution in [1.82, 2.24) is 25.1 Å². The molecule has 1 N–H and O–H groups in total. The predicted octanol–water partition coefficient (Wildman–Crippen LogP) is 2.31. The molecule has 1 aliphatic rings. The summed E-state index contributed by atoms with van der Waals surface area (Å²) in [4.78, 5) is 23.3. The van der Waals surface area contributed by atoms with Crippen LogP contribution in [0.25, 0.3) is 11.2 Å². The molecule has 0 unspecified atom stereocenters. The molecule has 26 heavy (non-hydrogen) atoms. The fourth-order valence-corrected chi connectivity index (χ4v) is 3.56. The zero-order chi connectivity index (χ0) is 17.9. The zero-order valence-electron chi connectivity index (χ0n) is 14.7. The van der Waals surface area contributed by atoms with Crippen molar-refractivity contribution in [3.63, 3.8) is 0 Å². The van der Waals surface area contributed by atoms with Gasteiger partial charge in [-0.15, -0.1) is 0 Å². The summed E-state index contributed by atoms with van der Waals surface area (Å²) < 4.78 is 5.24. The van der Waals surface area contributed by atoms with Crippen LogP contribution in [0.3, 0.4) is 0 Å². The van der Waals surface area contributed by atoms with Gasteiger partial charge >= 0.3 is 0 Å². The zero-order valence-corrected chi connectivity index (χ0v) is 14.7. The quantitative estimate of drug-likeness (QED) is 0.780. The Morgan fingerprint density at radius 2 is 2.23 bits per heavy atom. The second kappa shape index (κ2) is 7.11. The molecule has 0 spiro atoms. The van der Waals surface area contributed by atoms with E-state index in [1.807, 2.05) is 29.2 Å². The van der Waals surface area contributed by atoms with Gasteiger partial charge in [0, 0.05) is 31.4 Å². The number of ether oxygens (including phenoxy) is 1. The molecule has 1 aliphatic heterocycles. The normalized spacial score (nSPS) is 17.4. The third-order valence-corrected chi connectivity index (χ3v) is 4.89. The van der Waals surface area contributed by atoms with Crippen molar-refractivity contribution >= 4 is 17.1 Å². The van der Waals surface area contributed by atoms with Crippen LogP contribution in [0.1, 0.15) is 30.0 Å². The minimum atomic E-state index is 0.137. The molecule has 7 nitrogen and oxygen atoms in total. The standard InChI is InChI=1S/C19H21N5O2/c1-26-15-6-2-4-13(10-15)11-16(25)24-9-3-5-14(12-24)17-18-19(23-22-17)21-8-7-20-18/h2,4,6-8,10,14H,3,5,9,11-12H2,1H3,(H,21,22,23)/t14-/m1/s1. The number of carbonyl (C=O) groups excluding carboxylic acids is 1. The summed E-state index contributed by atoms with van der Waals surface area (Å²) in [6.07, 6.45) is 5.67. The Kier molecular flexibility index (Phi) is 4.51. The molecule has 1 aromatic carbocycles. The van der Waals surface area contributed by atoms with Gasteiger partial charge in [0.25, 0.3) is 0 Å². The number of nitrogens with zero attached hydrogens (tertiary/aromatic N) is 4. The van der Waals surface area contributed by atoms with E-state index < -0.39 is 0 Å². The smallest absolute Gasteiger partial charge is 0.227 e. The van der Waals surface area contributed by atoms with E-state index in [1.165, 1.54) is 0 Å². The summed E-state index contributed by atoms with van der Waals surface area (Å²) in [5.41, 5.74) is 3.38. The second-order valence-corrected chi connectivity index (χ2v) is 6.57. The van der Waals surface area contributed by atoms with E-state index in [0.717, 1.165) is 41.9 Å². The monoisotopic (exact) mass is 351 g/mol. The highest BCUT2D eigenvalue weighted by Gasteiger charge is 2.27. The van der Waals surface area contributed by atoms with Crippen molar-refractivity contribution in [2.75, 3.05) is 20.2 Å². The number of rotatable bonds is 4. The average molecular weight is 351 g/mol. The molecule has 1 saturated heterocycles. The first-order valence-electron chi connectivity index (χ1n) is 8.80. The van der Waals surface area contributed by atoms with Gasteiger partial charge < -0.3 is 9.64 Å². The number of likely N-dealkylation sites (tertiary alicyclic amines) is 1. The van der Waals surface area contributed by atoms with Crippen LogP contribution in [-0.4, -0.2) is 51.2 Å². The third-order valence-electron chi connectivity index (χ3n) is 4.89. The summed E-state index contributed by atoms with van der Waals surface area (Å²) in [7, 11) is 1.63. The van der Waals surface area contributed by atoms with Crippen LogP contribution in [0.4, 0.5) is 0 Å². The van der Waals surface area contributed by atoms with E-state index in [0.29, 0.717) is 18.6 Å². The Hall–Kier alpha value is -2.96. The number of fused-ring (bicyclic) bond motifs is 1. The van der Waals surface area contributed by atoms with Gasteiger partial charge in [-0.25, -0.2) is 9.97 Å². The van der Waals surface area contributed by atoms with Gasteiger partial charge in [0.2, 0.25) is 5.91 Å². The van der Waals surface area contributed by atoms with E-state index >= 15 is 0 Å². The van der Waals surface area contributed by atoms with Crippen molar-refractivity contribution in [2.45, 2.75) is 25.2 Å². The number of hydrogen-bond donors (Lipinski definition) is 1. The Morgan fingerprint density at radius 3 is 3.12 bits per heavy atom. The molecule has 1 atom stereocenters. The van der Waals surface area contributed by atoms with Crippen molar-refractivity contribution in [2.24, 2.45) is 0 Å². The summed E-state index contributed by atoms with van der Waals surface area (Å²) >= 11 is 0. The lowest BCUT2D eigenvalue weighted by atomic mass is 9.94. The highest BCUT2D eigenvalue weighted by Crippen LogP contribution is 2.29. The molecular weight excluding hydrogens is 330 g/mol. The second-order valence-electron chi connectivity index (χ2n) is 6.57. The van der Waals surface area contributed by atoms with E-state index in [1.54, 1.807) is 19.5 Å². The molecule has 0 radical (unpaired) electrons. The Labute approximate surface area is 151 Å². The number of hydrogen-bond acceptors (Lipinski definition) is 5. The fourth-order valence-electron chi connectivity index (χ4n) is 3.56. The third kappa shape index (κ3) is 3.24. The molecule has 134 valence electrons. The van der Waals surface area contributed by atoms with Crippen LogP contribution in [-0.2, 0) is 11.2 Å². The first kappa shape index (κ1) is 16.5. The molecule has 0 bridgehead atoms. The molecule has 1 amide bonds. The van der Waals surface area contributed by atoms with Crippen molar-refractivity contribution in [3.05, 3.63) is 47.9 Å². The van der Waals surface area contributed by atoms with Gasteiger partial charge in [-0.3, -0.25) is 9.89 Å². The van der Waals surface area contributed by atoms with Crippen LogP contribution in [0.5, 0.6) is 5.75 Å². The maximum atomic E-state index is 12.8. The maximum absolute atomic E-state index is 12.8. The number of nitrogens with one attached hydrogen (secondary N) is 1. The van der Waals surface area contributed by atoms with Gasteiger partial charge in [0.1, 0.15) is 11.3 Å². The largest absolute Gasteiger partial charge is 0.497 e. The molecule has 1 fully saturated rings. The SMILES string of the molecule is COc1cccc(CC(=O)N2CCC[C@@H](c3[nH]nc4nccnc34)C2)c1. The first-order valence-corrected chi connectivity index (χ1v) is 8.80. The number of benzene rings is 1. The maximum Gasteiger partial charge on any atom is 0.227 e. The van der Waals surface area contributed by atoms with Crippen molar-refractivity contribution < 1.29 is 9.53 Å². The molecule has 4 rings (SSSR count). The summed E-state index contributed by atoms with van der Waals surface area (Å²) in [6.45, 7) is 1.47. The number of amides is 1. The molecule has 0 aliphatic carbocycles. The van der Waals surface area contributed by atoms with Gasteiger partial charge in [-0.1, -0.05) is 12.1 Å². The lowest BCUT2D eigenvalue weighted by Gasteiger charge is -2.32. The molecule has 0 saturated carbocycles.